The molecule has 0 saturated heterocycles. The van der Waals surface area contributed by atoms with Gasteiger partial charge in [-0.2, -0.15) is 5.26 Å². The van der Waals surface area contributed by atoms with Gasteiger partial charge in [-0.25, -0.2) is 0 Å². The number of nitrogen functional groups attached to an aromatic ring is 1. The monoisotopic (exact) mass is 303 g/mol. The number of nitrogens with zero attached hydrogens (tertiary/aromatic N) is 1. The molecule has 3 N–H and O–H groups in total. The summed E-state index contributed by atoms with van der Waals surface area (Å²) in [6, 6.07) is 2.46. The van der Waals surface area contributed by atoms with Gasteiger partial charge in [0.1, 0.15) is 16.6 Å². The predicted molar refractivity (Wildman–Crippen MR) is 85.5 cm³/mol. The van der Waals surface area contributed by atoms with Gasteiger partial charge in [-0.15, -0.1) is 11.3 Å². The van der Waals surface area contributed by atoms with Crippen LogP contribution in [0.25, 0.3) is 0 Å². The molecule has 3 rings (SSSR count). The minimum atomic E-state index is -0.0744. The van der Waals surface area contributed by atoms with Crippen LogP contribution in [-0.4, -0.2) is 11.8 Å². The lowest BCUT2D eigenvalue weighted by Crippen LogP contribution is -2.29. The number of nitrogens with one attached hydrogen (secondary N) is 1. The lowest BCUT2D eigenvalue weighted by atomic mass is 9.84. The first-order chi connectivity index (χ1) is 10.0. The molecule has 21 heavy (non-hydrogen) atoms. The number of hydrogen-bond donors (Lipinski definition) is 2. The molecule has 4 nitrogen and oxygen atoms in total. The lowest BCUT2D eigenvalue weighted by Gasteiger charge is -2.28. The number of hydrogen-bond acceptors (Lipinski definition) is 5. The maximum atomic E-state index is 11.6. The summed E-state index contributed by atoms with van der Waals surface area (Å²) in [6.45, 7) is 3.68. The standard InChI is InChI=1S/C16H21N3OS/c1-8(12-6-10-3-4-11(12)5-10)19-16-13(7-17)14(18)15(21-16)9(2)20/h8,10-12,19H,3-6,18H2,1-2H3. The van der Waals surface area contributed by atoms with Crippen LogP contribution in [0.3, 0.4) is 0 Å². The highest BCUT2D eigenvalue weighted by molar-refractivity contribution is 7.19. The highest BCUT2D eigenvalue weighted by Gasteiger charge is 2.42. The van der Waals surface area contributed by atoms with E-state index in [-0.39, 0.29) is 5.78 Å². The Labute approximate surface area is 129 Å². The van der Waals surface area contributed by atoms with Crippen molar-refractivity contribution in [3.05, 3.63) is 10.4 Å². The van der Waals surface area contributed by atoms with Crippen LogP contribution in [0.4, 0.5) is 10.7 Å². The van der Waals surface area contributed by atoms with Crippen LogP contribution >= 0.6 is 11.3 Å². The van der Waals surface area contributed by atoms with E-state index < -0.39 is 0 Å². The van der Waals surface area contributed by atoms with E-state index in [9.17, 15) is 10.1 Å². The predicted octanol–water partition coefficient (Wildman–Crippen LogP) is 3.64. The number of fused-ring (bicyclic) bond motifs is 2. The summed E-state index contributed by atoms with van der Waals surface area (Å²) in [4.78, 5) is 12.1. The van der Waals surface area contributed by atoms with Crippen molar-refractivity contribution in [2.45, 2.75) is 45.6 Å². The summed E-state index contributed by atoms with van der Waals surface area (Å²) in [5, 5.41) is 13.5. The highest BCUT2D eigenvalue weighted by Crippen LogP contribution is 2.50. The molecule has 0 aliphatic heterocycles. The van der Waals surface area contributed by atoms with Crippen LogP contribution in [0.1, 0.15) is 54.8 Å². The van der Waals surface area contributed by atoms with Crippen molar-refractivity contribution in [2.75, 3.05) is 11.1 Å². The Morgan fingerprint density at radius 2 is 2.24 bits per heavy atom. The molecule has 2 bridgehead atoms. The molecule has 0 radical (unpaired) electrons. The average molecular weight is 303 g/mol. The third-order valence-electron chi connectivity index (χ3n) is 5.17. The van der Waals surface area contributed by atoms with Gasteiger partial charge in [0.2, 0.25) is 0 Å². The number of thiophene rings is 1. The van der Waals surface area contributed by atoms with E-state index >= 15 is 0 Å². The number of carbonyl (C=O) groups is 1. The van der Waals surface area contributed by atoms with Crippen molar-refractivity contribution >= 4 is 27.8 Å². The summed E-state index contributed by atoms with van der Waals surface area (Å²) < 4.78 is 0. The normalized spacial score (nSPS) is 28.3. The summed E-state index contributed by atoms with van der Waals surface area (Å²) in [5.74, 6) is 2.34. The Bertz CT molecular complexity index is 616. The van der Waals surface area contributed by atoms with Crippen LogP contribution in [0.5, 0.6) is 0 Å². The van der Waals surface area contributed by atoms with Gasteiger partial charge in [0.25, 0.3) is 0 Å². The van der Waals surface area contributed by atoms with Gasteiger partial charge in [-0.05, 0) is 43.9 Å². The number of carbonyl (C=O) groups excluding carboxylic acids is 1. The van der Waals surface area contributed by atoms with Gasteiger partial charge in [-0.3, -0.25) is 4.79 Å². The average Bonchev–Trinajstić information content (AvgIpc) is 3.12. The number of rotatable bonds is 4. The second-order valence-electron chi connectivity index (χ2n) is 6.49. The Kier molecular flexibility index (Phi) is 3.66. The zero-order valence-electron chi connectivity index (χ0n) is 12.5. The maximum Gasteiger partial charge on any atom is 0.171 e. The molecule has 2 aliphatic rings. The van der Waals surface area contributed by atoms with Crippen LogP contribution in [0.2, 0.25) is 0 Å². The molecule has 1 aromatic rings. The summed E-state index contributed by atoms with van der Waals surface area (Å²) >= 11 is 1.32. The first kappa shape index (κ1) is 14.4. The fraction of sp³-hybridized carbons (Fsp3) is 0.625. The molecular formula is C16H21N3OS. The molecule has 112 valence electrons. The molecule has 1 aromatic heterocycles. The molecule has 0 aromatic carbocycles. The zero-order chi connectivity index (χ0) is 15.1. The minimum absolute atomic E-state index is 0.0744. The molecule has 1 heterocycles. The van der Waals surface area contributed by atoms with E-state index in [1.807, 2.05) is 0 Å². The Morgan fingerprint density at radius 1 is 1.48 bits per heavy atom. The number of ketones is 1. The van der Waals surface area contributed by atoms with E-state index in [1.165, 1.54) is 43.9 Å². The van der Waals surface area contributed by atoms with E-state index in [2.05, 4.69) is 18.3 Å². The van der Waals surface area contributed by atoms with Gasteiger partial charge in [0.15, 0.2) is 5.78 Å². The number of nitriles is 1. The first-order valence-corrected chi connectivity index (χ1v) is 8.42. The molecule has 4 atom stereocenters. The fourth-order valence-corrected chi connectivity index (χ4v) is 5.20. The van der Waals surface area contributed by atoms with Gasteiger partial charge in [0.05, 0.1) is 10.6 Å². The molecule has 2 saturated carbocycles. The largest absolute Gasteiger partial charge is 0.396 e. The Hall–Kier alpha value is -1.54. The van der Waals surface area contributed by atoms with Crippen LogP contribution in [0, 0.1) is 29.1 Å². The minimum Gasteiger partial charge on any atom is -0.396 e. The third-order valence-corrected chi connectivity index (χ3v) is 6.41. The molecule has 2 fully saturated rings. The van der Waals surface area contributed by atoms with Crippen molar-refractivity contribution < 1.29 is 4.79 Å². The maximum absolute atomic E-state index is 11.6. The van der Waals surface area contributed by atoms with Gasteiger partial charge < -0.3 is 11.1 Å². The van der Waals surface area contributed by atoms with Gasteiger partial charge >= 0.3 is 0 Å². The Morgan fingerprint density at radius 3 is 2.76 bits per heavy atom. The van der Waals surface area contributed by atoms with Crippen molar-refractivity contribution in [3.8, 4) is 6.07 Å². The smallest absolute Gasteiger partial charge is 0.171 e. The van der Waals surface area contributed by atoms with Crippen LogP contribution < -0.4 is 11.1 Å². The van der Waals surface area contributed by atoms with Crippen molar-refractivity contribution in [1.29, 1.82) is 5.26 Å². The molecule has 4 unspecified atom stereocenters. The molecular weight excluding hydrogens is 282 g/mol. The van der Waals surface area contributed by atoms with E-state index in [0.717, 1.165) is 16.8 Å². The zero-order valence-corrected chi connectivity index (χ0v) is 13.3. The van der Waals surface area contributed by atoms with Crippen molar-refractivity contribution in [1.82, 2.24) is 0 Å². The van der Waals surface area contributed by atoms with Crippen molar-refractivity contribution in [3.63, 3.8) is 0 Å². The molecule has 0 spiro atoms. The molecule has 0 amide bonds. The lowest BCUT2D eigenvalue weighted by molar-refractivity contribution is 0.102. The second kappa shape index (κ2) is 5.34. The topological polar surface area (TPSA) is 78.9 Å². The number of anilines is 2. The van der Waals surface area contributed by atoms with Crippen LogP contribution in [-0.2, 0) is 0 Å². The summed E-state index contributed by atoms with van der Waals surface area (Å²) in [5.41, 5.74) is 6.69. The second-order valence-corrected chi connectivity index (χ2v) is 7.51. The van der Waals surface area contributed by atoms with Gasteiger partial charge in [-0.1, -0.05) is 6.42 Å². The van der Waals surface area contributed by atoms with Gasteiger partial charge in [0, 0.05) is 13.0 Å². The van der Waals surface area contributed by atoms with E-state index in [4.69, 9.17) is 5.73 Å². The summed E-state index contributed by atoms with van der Waals surface area (Å²) in [7, 11) is 0. The van der Waals surface area contributed by atoms with E-state index in [1.54, 1.807) is 0 Å². The van der Waals surface area contributed by atoms with E-state index in [0.29, 0.717) is 28.1 Å². The first-order valence-electron chi connectivity index (χ1n) is 7.61. The van der Waals surface area contributed by atoms with Crippen molar-refractivity contribution in [2.24, 2.45) is 17.8 Å². The number of nitrogens with two attached hydrogens (primary N) is 1. The highest BCUT2D eigenvalue weighted by atomic mass is 32.1. The quantitative estimate of drug-likeness (QED) is 0.832. The molecule has 5 heteroatoms. The third kappa shape index (κ3) is 2.42. The summed E-state index contributed by atoms with van der Waals surface area (Å²) in [6.07, 6.45) is 5.39. The SMILES string of the molecule is CC(=O)c1sc(NC(C)C2CC3CCC2C3)c(C#N)c1N. The van der Waals surface area contributed by atoms with Crippen LogP contribution in [0.15, 0.2) is 0 Å². The molecule has 2 aliphatic carbocycles. The Balaban J connectivity index is 1.80. The fourth-order valence-electron chi connectivity index (χ4n) is 4.14. The number of Topliss-reactive ketones (excluding diaryl/α,β-unsaturated/α-hetero) is 1.